The molecule has 3 rings (SSSR count). The largest absolute Gasteiger partial charge is 0.481 e. The molecule has 0 spiro atoms. The number of hydroxylamine groups is 1. The van der Waals surface area contributed by atoms with Gasteiger partial charge in [0.25, 0.3) is 5.91 Å². The van der Waals surface area contributed by atoms with Gasteiger partial charge >= 0.3 is 5.97 Å². The zero-order valence-corrected chi connectivity index (χ0v) is 19.9. The maximum absolute atomic E-state index is 11.5. The number of hydrogen-bond donors (Lipinski definition) is 4. The van der Waals surface area contributed by atoms with Gasteiger partial charge in [0.15, 0.2) is 0 Å². The molecule has 1 aliphatic rings. The Hall–Kier alpha value is -3.04. The summed E-state index contributed by atoms with van der Waals surface area (Å²) in [7, 11) is 0. The number of rotatable bonds is 11. The van der Waals surface area contributed by atoms with E-state index in [-0.39, 0.29) is 11.5 Å². The normalized spacial score (nSPS) is 15.4. The van der Waals surface area contributed by atoms with E-state index in [4.69, 9.17) is 5.21 Å². The van der Waals surface area contributed by atoms with Crippen LogP contribution in [-0.4, -0.2) is 51.3 Å². The first-order valence-corrected chi connectivity index (χ1v) is 11.9. The van der Waals surface area contributed by atoms with Crippen molar-refractivity contribution >= 4 is 17.8 Å². The van der Waals surface area contributed by atoms with Crippen molar-refractivity contribution in [1.29, 1.82) is 0 Å². The molecule has 2 heterocycles. The van der Waals surface area contributed by atoms with Crippen LogP contribution in [0.25, 0.3) is 0 Å². The molecule has 0 bridgehead atoms. The predicted octanol–water partition coefficient (Wildman–Crippen LogP) is 3.03. The third-order valence-electron chi connectivity index (χ3n) is 6.28. The van der Waals surface area contributed by atoms with Crippen LogP contribution in [0.1, 0.15) is 61.0 Å². The molecular formula is C25H35N5O4. The smallest absolute Gasteiger partial charge is 0.306 e. The van der Waals surface area contributed by atoms with Crippen molar-refractivity contribution in [3.05, 3.63) is 53.3 Å². The number of aryl methyl sites for hydroxylation is 1. The molecule has 9 heteroatoms. The van der Waals surface area contributed by atoms with Gasteiger partial charge < -0.3 is 15.3 Å². The Kier molecular flexibility index (Phi) is 9.35. The molecule has 0 radical (unpaired) electrons. The number of amides is 1. The summed E-state index contributed by atoms with van der Waals surface area (Å²) in [5.74, 6) is -0.636. The molecule has 4 N–H and O–H groups in total. The number of carbonyl (C=O) groups excluding carboxylic acids is 1. The summed E-state index contributed by atoms with van der Waals surface area (Å²) >= 11 is 0. The summed E-state index contributed by atoms with van der Waals surface area (Å²) in [6.07, 6.45) is 6.92. The highest BCUT2D eigenvalue weighted by atomic mass is 16.5. The van der Waals surface area contributed by atoms with Crippen LogP contribution >= 0.6 is 0 Å². The number of carboxylic acids is 1. The maximum atomic E-state index is 11.5. The lowest BCUT2D eigenvalue weighted by Gasteiger charge is -2.32. The predicted molar refractivity (Wildman–Crippen MR) is 129 cm³/mol. The summed E-state index contributed by atoms with van der Waals surface area (Å²) in [5.41, 5.74) is 4.18. The summed E-state index contributed by atoms with van der Waals surface area (Å²) in [6.45, 7) is 6.56. The number of nitrogens with one attached hydrogen (secondary N) is 2. The minimum absolute atomic E-state index is 0.214. The minimum atomic E-state index is -0.696. The number of anilines is 1. The number of nitrogens with zero attached hydrogens (tertiary/aromatic N) is 3. The van der Waals surface area contributed by atoms with E-state index in [1.54, 1.807) is 5.48 Å². The lowest BCUT2D eigenvalue weighted by molar-refractivity contribution is -0.142. The van der Waals surface area contributed by atoms with E-state index in [9.17, 15) is 14.7 Å². The third-order valence-corrected chi connectivity index (χ3v) is 6.28. The Morgan fingerprint density at radius 3 is 2.26 bits per heavy atom. The van der Waals surface area contributed by atoms with Crippen molar-refractivity contribution in [2.75, 3.05) is 18.0 Å². The number of piperidine rings is 1. The number of hydrogen-bond acceptors (Lipinski definition) is 7. The van der Waals surface area contributed by atoms with Gasteiger partial charge in [0.05, 0.1) is 11.5 Å². The molecule has 184 valence electrons. The van der Waals surface area contributed by atoms with Crippen LogP contribution in [0.3, 0.4) is 0 Å². The Bertz CT molecular complexity index is 925. The average molecular weight is 470 g/mol. The lowest BCUT2D eigenvalue weighted by atomic mass is 9.91. The number of carbonyl (C=O) groups is 2. The SMILES string of the molecule is CC(C)C[C@H](CCc1ccc(CNC2CCN(c3ncc(C(=O)NO)cn3)CC2)cc1)C(=O)O. The number of benzene rings is 1. The third kappa shape index (κ3) is 7.50. The first-order chi connectivity index (χ1) is 16.4. The molecule has 1 fully saturated rings. The van der Waals surface area contributed by atoms with Crippen molar-refractivity contribution in [1.82, 2.24) is 20.8 Å². The molecule has 0 aliphatic carbocycles. The number of aliphatic carboxylic acids is 1. The number of aromatic nitrogens is 2. The molecule has 1 aromatic heterocycles. The summed E-state index contributed by atoms with van der Waals surface area (Å²) in [5, 5.41) is 21.7. The van der Waals surface area contributed by atoms with E-state index in [0.717, 1.165) is 38.9 Å². The van der Waals surface area contributed by atoms with Gasteiger partial charge in [-0.15, -0.1) is 0 Å². The van der Waals surface area contributed by atoms with Crippen molar-refractivity contribution in [3.63, 3.8) is 0 Å². The molecular weight excluding hydrogens is 434 g/mol. The van der Waals surface area contributed by atoms with Crippen LogP contribution in [0.15, 0.2) is 36.7 Å². The van der Waals surface area contributed by atoms with E-state index in [1.807, 2.05) is 0 Å². The second kappa shape index (κ2) is 12.4. The molecule has 1 atom stereocenters. The van der Waals surface area contributed by atoms with E-state index >= 15 is 0 Å². The zero-order chi connectivity index (χ0) is 24.5. The molecule has 1 saturated heterocycles. The molecule has 2 aromatic rings. The van der Waals surface area contributed by atoms with Crippen molar-refractivity contribution in [2.24, 2.45) is 11.8 Å². The second-order valence-electron chi connectivity index (χ2n) is 9.37. The van der Waals surface area contributed by atoms with E-state index in [1.165, 1.54) is 23.5 Å². The quantitative estimate of drug-likeness (QED) is 0.292. The van der Waals surface area contributed by atoms with Gasteiger partial charge in [0.2, 0.25) is 5.95 Å². The van der Waals surface area contributed by atoms with E-state index in [2.05, 4.69) is 58.3 Å². The Balaban J connectivity index is 1.41. The minimum Gasteiger partial charge on any atom is -0.481 e. The number of carboxylic acid groups (broad SMARTS) is 1. The molecule has 1 aromatic carbocycles. The summed E-state index contributed by atoms with van der Waals surface area (Å²) in [6, 6.07) is 8.85. The zero-order valence-electron chi connectivity index (χ0n) is 19.9. The summed E-state index contributed by atoms with van der Waals surface area (Å²) < 4.78 is 0. The fourth-order valence-electron chi connectivity index (χ4n) is 4.29. The molecule has 1 amide bonds. The first-order valence-electron chi connectivity index (χ1n) is 11.9. The molecule has 1 aliphatic heterocycles. The second-order valence-corrected chi connectivity index (χ2v) is 9.37. The average Bonchev–Trinajstić information content (AvgIpc) is 2.85. The van der Waals surface area contributed by atoms with E-state index in [0.29, 0.717) is 30.7 Å². The Morgan fingerprint density at radius 2 is 1.71 bits per heavy atom. The Morgan fingerprint density at radius 1 is 1.09 bits per heavy atom. The van der Waals surface area contributed by atoms with Crippen molar-refractivity contribution < 1.29 is 19.9 Å². The van der Waals surface area contributed by atoms with Gasteiger partial charge in [0, 0.05) is 38.1 Å². The van der Waals surface area contributed by atoms with Gasteiger partial charge in [-0.3, -0.25) is 14.8 Å². The summed E-state index contributed by atoms with van der Waals surface area (Å²) in [4.78, 5) is 33.4. The van der Waals surface area contributed by atoms with Gasteiger partial charge in [-0.25, -0.2) is 15.4 Å². The van der Waals surface area contributed by atoms with Gasteiger partial charge in [0.1, 0.15) is 0 Å². The highest BCUT2D eigenvalue weighted by Gasteiger charge is 2.21. The van der Waals surface area contributed by atoms with Crippen LogP contribution in [0, 0.1) is 11.8 Å². The van der Waals surface area contributed by atoms with Crippen molar-refractivity contribution in [2.45, 2.75) is 58.5 Å². The topological polar surface area (TPSA) is 128 Å². The van der Waals surface area contributed by atoms with E-state index < -0.39 is 11.9 Å². The van der Waals surface area contributed by atoms with Crippen LogP contribution < -0.4 is 15.7 Å². The van der Waals surface area contributed by atoms with Crippen LogP contribution in [0.5, 0.6) is 0 Å². The molecule has 0 unspecified atom stereocenters. The van der Waals surface area contributed by atoms with Crippen LogP contribution in [-0.2, 0) is 17.8 Å². The first kappa shape index (κ1) is 25.6. The van der Waals surface area contributed by atoms with Crippen LogP contribution in [0.4, 0.5) is 5.95 Å². The fourth-order valence-corrected chi connectivity index (χ4v) is 4.29. The monoisotopic (exact) mass is 469 g/mol. The molecule has 0 saturated carbocycles. The molecule has 34 heavy (non-hydrogen) atoms. The fraction of sp³-hybridized carbons (Fsp3) is 0.520. The van der Waals surface area contributed by atoms with Gasteiger partial charge in [-0.1, -0.05) is 38.1 Å². The molecule has 9 nitrogen and oxygen atoms in total. The standard InChI is InChI=1S/C25H35N5O4/c1-17(2)13-20(24(32)33)8-7-18-3-5-19(6-4-18)14-26-22-9-11-30(12-10-22)25-27-15-21(16-28-25)23(31)29-34/h3-6,15-17,20,22,26,34H,7-14H2,1-2H3,(H,29,31)(H,32,33)/t20-/m0/s1. The van der Waals surface area contributed by atoms with Crippen LogP contribution in [0.2, 0.25) is 0 Å². The Labute approximate surface area is 200 Å². The van der Waals surface area contributed by atoms with Gasteiger partial charge in [-0.2, -0.15) is 0 Å². The highest BCUT2D eigenvalue weighted by molar-refractivity contribution is 5.92. The highest BCUT2D eigenvalue weighted by Crippen LogP contribution is 2.20. The van der Waals surface area contributed by atoms with Crippen molar-refractivity contribution in [3.8, 4) is 0 Å². The lowest BCUT2D eigenvalue weighted by Crippen LogP contribution is -2.43. The maximum Gasteiger partial charge on any atom is 0.306 e. The van der Waals surface area contributed by atoms with Gasteiger partial charge in [-0.05, 0) is 49.1 Å².